The molecule has 3 aliphatic rings. The Morgan fingerprint density at radius 3 is 1.44 bits per heavy atom. The van der Waals surface area contributed by atoms with Gasteiger partial charge < -0.3 is 28.0 Å². The number of alkyl halides is 3. The average molecular weight is 2060 g/mol. The van der Waals surface area contributed by atoms with Gasteiger partial charge in [0.05, 0.1) is 50.4 Å². The van der Waals surface area contributed by atoms with E-state index in [2.05, 4.69) is 341 Å². The highest BCUT2D eigenvalue weighted by atomic mass is 32.1. The lowest BCUT2D eigenvalue weighted by molar-refractivity contribution is -0.192. The molecule has 23 heteroatoms. The van der Waals surface area contributed by atoms with Crippen LogP contribution < -0.4 is 14.2 Å². The lowest BCUT2D eigenvalue weighted by Crippen LogP contribution is -2.30. The van der Waals surface area contributed by atoms with Crippen molar-refractivity contribution < 1.29 is 59.5 Å². The SMILES string of the molecule is CC(C)(C)CC1C=CCC1.CC(C)(C)COc1ccc(F)cc1F.CC(C)(C)Cc1cccs1.CC(C)(C)c1ccc(CN2C(=O)CCC2=O)cc1.CC(C)c1nc(CC(C)(C)C)cs1.CC(C)c1noc(CCC(C)(C)C)n1.CC(C)c1noc(CCCC(C)(C)C)n1.CC(OCC(F)(F)F)C(C)(C)C.COc1ccc(CC(C)(C)C)cc1.COc1cccc(CC(C)(C)C)c1.Cn1cc(C2CC2C(C)(C)C)cn1. The number of benzene rings is 4. The van der Waals surface area contributed by atoms with Crippen LogP contribution in [0.2, 0.25) is 0 Å². The maximum Gasteiger partial charge on any atom is 0.411 e. The molecule has 6 heterocycles. The van der Waals surface area contributed by atoms with Crippen molar-refractivity contribution >= 4 is 34.5 Å². The number of aryl methyl sites for hydroxylation is 3. The minimum absolute atomic E-state index is 0.0408. The lowest BCUT2D eigenvalue weighted by atomic mass is 9.84. The minimum Gasteiger partial charge on any atom is -0.497 e. The van der Waals surface area contributed by atoms with Gasteiger partial charge in [-0.3, -0.25) is 19.2 Å². The van der Waals surface area contributed by atoms with Crippen molar-refractivity contribution in [2.45, 2.75) is 421 Å². The second-order valence-corrected chi connectivity index (χ2v) is 54.8. The van der Waals surface area contributed by atoms with Gasteiger partial charge in [0.15, 0.2) is 23.2 Å². The van der Waals surface area contributed by atoms with Crippen LogP contribution in [0.1, 0.15) is 425 Å². The number of methoxy groups -OCH3 is 2. The van der Waals surface area contributed by atoms with Gasteiger partial charge in [-0.15, -0.1) is 22.7 Å². The second kappa shape index (κ2) is 59.8. The molecule has 12 rings (SSSR count). The van der Waals surface area contributed by atoms with E-state index in [1.165, 1.54) is 93.4 Å². The third-order valence-electron chi connectivity index (χ3n) is 22.9. The van der Waals surface area contributed by atoms with Crippen molar-refractivity contribution in [3.05, 3.63) is 217 Å². The number of rotatable bonds is 22. The molecule has 2 aliphatic carbocycles. The molecule has 818 valence electrons. The fraction of sp³-hybridized carbons (Fsp3) is 0.656. The molecule has 1 aliphatic heterocycles. The minimum atomic E-state index is -4.22. The standard InChI is InChI=1S/C15H19NO2.C12H22N2O.2C12H18O.C11H14F2O.C11H20N2O.C11H18N2.C11H19NS.C10H18.C9H14S.C8H15F3O/c1-15(2,3)12-6-4-11(5-7-12)10-16-13(17)8-9-14(16)18;1-9(2)11-13-10(15-14-11)7-6-8-12(3,4)5;1-12(2,3)9-10-5-7-11(13-4)8-6-10;1-12(2,3)9-10-6-5-7-11(8-10)13-4;1-11(2,3)7-14-10-5-4-8(12)6-9(10)13;1-8(2)10-12-9(14-13-10)6-7-11(3,4)5;1-11(2,3)10-5-9(10)8-6-12-13(4)7-8;1-8(2)10-12-9(7-13-10)6-11(3,4)5;1-10(2,3)8-9-6-4-5-7-9;1-9(2,3)7-8-5-4-6-10-8;1-6(7(2,3)4)12-5-8(9,10)11/h4-7H,8-10H2,1-3H3;9H,6-8H2,1-5H3;2*5-8H,9H2,1-4H3;4-6H,7H2,1-3H3;8H,6-7H2,1-5H3;6-7,9-10H,5H2,1-4H3;7-8H,6H2,1-5H3;4,6,9H,5,7-8H2,1-3H3;4-6H,7H2,1-3H3;6H,5H2,1-4H3. The van der Waals surface area contributed by atoms with E-state index in [1.807, 2.05) is 107 Å². The van der Waals surface area contributed by atoms with Crippen LogP contribution in [0.3, 0.4) is 0 Å². The number of carbonyl (C=O) groups excluding carboxylic acids is 2. The third-order valence-corrected chi connectivity index (χ3v) is 24.9. The van der Waals surface area contributed by atoms with Gasteiger partial charge in [-0.25, -0.2) is 13.8 Å². The van der Waals surface area contributed by atoms with Crippen LogP contribution in [0.4, 0.5) is 22.0 Å². The first-order chi connectivity index (χ1) is 66.2. The Bertz CT molecular complexity index is 5080. The Balaban J connectivity index is 0.000000541. The predicted octanol–water partition coefficient (Wildman–Crippen LogP) is 35.5. The average Bonchev–Trinajstić information content (AvgIpc) is 1.61. The van der Waals surface area contributed by atoms with Gasteiger partial charge in [0.1, 0.15) is 23.9 Å². The number of ether oxygens (including phenoxy) is 4. The molecular weight excluding hydrogens is 1860 g/mol. The van der Waals surface area contributed by atoms with Gasteiger partial charge in [0, 0.05) is 73.0 Å². The molecule has 1 saturated heterocycles. The highest BCUT2D eigenvalue weighted by molar-refractivity contribution is 7.10. The molecule has 4 unspecified atom stereocenters. The van der Waals surface area contributed by atoms with Gasteiger partial charge in [0.25, 0.3) is 0 Å². The van der Waals surface area contributed by atoms with Crippen molar-refractivity contribution in [1.82, 2.24) is 39.9 Å². The smallest absolute Gasteiger partial charge is 0.411 e. The Morgan fingerprint density at radius 2 is 1.04 bits per heavy atom. The van der Waals surface area contributed by atoms with Gasteiger partial charge in [0.2, 0.25) is 23.6 Å². The number of amides is 2. The normalized spacial score (nSPS) is 15.2. The van der Waals surface area contributed by atoms with E-state index < -0.39 is 24.4 Å². The predicted molar refractivity (Wildman–Crippen MR) is 598 cm³/mol. The number of imide groups is 1. The molecule has 1 saturated carbocycles. The summed E-state index contributed by atoms with van der Waals surface area (Å²) < 4.78 is 93.0. The summed E-state index contributed by atoms with van der Waals surface area (Å²) >= 11 is 3.64. The number of carbonyl (C=O) groups is 2. The van der Waals surface area contributed by atoms with Crippen molar-refractivity contribution in [2.24, 2.45) is 73.0 Å². The van der Waals surface area contributed by atoms with Crippen LogP contribution in [-0.2, 0) is 71.9 Å². The zero-order valence-electron chi connectivity index (χ0n) is 98.1. The van der Waals surface area contributed by atoms with E-state index in [-0.39, 0.29) is 39.9 Å². The summed E-state index contributed by atoms with van der Waals surface area (Å²) in [7, 11) is 5.38. The van der Waals surface area contributed by atoms with E-state index in [0.717, 1.165) is 109 Å². The summed E-state index contributed by atoms with van der Waals surface area (Å²) in [6, 6.07) is 32.3. The van der Waals surface area contributed by atoms with Crippen molar-refractivity contribution in [1.29, 1.82) is 0 Å². The van der Waals surface area contributed by atoms with Crippen LogP contribution in [-0.4, -0.2) is 91.5 Å². The Labute approximate surface area is 884 Å². The van der Waals surface area contributed by atoms with Crippen LogP contribution in [0.15, 0.2) is 147 Å². The zero-order valence-corrected chi connectivity index (χ0v) is 99.7. The Morgan fingerprint density at radius 1 is 0.517 bits per heavy atom. The highest BCUT2D eigenvalue weighted by Crippen LogP contribution is 2.56. The van der Waals surface area contributed by atoms with E-state index >= 15 is 0 Å². The number of nitrogens with zero attached hydrogens (tertiary/aromatic N) is 8. The number of halogens is 5. The molecule has 2 amide bonds. The molecule has 2 fully saturated rings. The molecular formula is C122H195F5N8O8S2. The lowest BCUT2D eigenvalue weighted by Gasteiger charge is -2.27. The van der Waals surface area contributed by atoms with Crippen molar-refractivity contribution in [2.75, 3.05) is 27.4 Å². The van der Waals surface area contributed by atoms with Gasteiger partial charge in [-0.1, -0.05) is 347 Å². The molecule has 0 N–H and O–H groups in total. The van der Waals surface area contributed by atoms with Crippen LogP contribution in [0, 0.1) is 77.6 Å². The van der Waals surface area contributed by atoms with E-state index in [0.29, 0.717) is 87.1 Å². The fourth-order valence-corrected chi connectivity index (χ4v) is 16.5. The molecule has 4 atom stereocenters. The van der Waals surface area contributed by atoms with E-state index in [1.54, 1.807) is 32.5 Å². The molecule has 9 aromatic rings. The first-order valence-corrected chi connectivity index (χ1v) is 54.2. The van der Waals surface area contributed by atoms with Crippen molar-refractivity contribution in [3.8, 4) is 17.2 Å². The molecule has 145 heavy (non-hydrogen) atoms. The maximum atomic E-state index is 13.1. The summed E-state index contributed by atoms with van der Waals surface area (Å²) in [5, 5.41) is 17.7. The summed E-state index contributed by atoms with van der Waals surface area (Å²) in [6.45, 7) is 86.3. The molecule has 0 spiro atoms. The number of hydrogen-bond donors (Lipinski definition) is 0. The van der Waals surface area contributed by atoms with E-state index in [4.69, 9.17) is 23.3 Å². The van der Waals surface area contributed by atoms with E-state index in [9.17, 15) is 31.5 Å². The fourth-order valence-electron chi connectivity index (χ4n) is 14.6. The van der Waals surface area contributed by atoms with Gasteiger partial charge in [-0.2, -0.15) is 28.2 Å². The highest BCUT2D eigenvalue weighted by Gasteiger charge is 2.46. The molecule has 0 radical (unpaired) electrons. The summed E-state index contributed by atoms with van der Waals surface area (Å²) in [6.07, 6.45) is 20.0. The van der Waals surface area contributed by atoms with Crippen molar-refractivity contribution in [3.63, 3.8) is 0 Å². The summed E-state index contributed by atoms with van der Waals surface area (Å²) in [5.74, 6) is 7.57. The Kier molecular flexibility index (Phi) is 54.7. The quantitative estimate of drug-likeness (QED) is 0.0355. The number of thiazole rings is 1. The first-order valence-electron chi connectivity index (χ1n) is 52.4. The number of thiophene rings is 1. The zero-order chi connectivity index (χ0) is 111. The first kappa shape index (κ1) is 133. The van der Waals surface area contributed by atoms with Gasteiger partial charge in [-0.05, 0) is 231 Å². The number of aromatic nitrogens is 7. The van der Waals surface area contributed by atoms with Crippen LogP contribution >= 0.6 is 22.7 Å². The molecule has 16 nitrogen and oxygen atoms in total. The van der Waals surface area contributed by atoms with Crippen LogP contribution in [0.5, 0.6) is 17.2 Å². The number of likely N-dealkylation sites (tertiary alicyclic amines) is 1. The van der Waals surface area contributed by atoms with Gasteiger partial charge >= 0.3 is 6.18 Å². The Hall–Kier alpha value is -8.41. The largest absolute Gasteiger partial charge is 0.497 e. The maximum absolute atomic E-state index is 13.1. The summed E-state index contributed by atoms with van der Waals surface area (Å²) in [4.78, 5) is 39.2. The third kappa shape index (κ3) is 63.3. The molecule has 5 aromatic heterocycles. The number of allylic oxidation sites excluding steroid dienone is 2. The molecule has 0 bridgehead atoms. The van der Waals surface area contributed by atoms with Crippen LogP contribution in [0.25, 0.3) is 0 Å². The topological polar surface area (TPSA) is 183 Å². The summed E-state index contributed by atoms with van der Waals surface area (Å²) in [5.41, 5.74) is 10.6. The monoisotopic (exact) mass is 2060 g/mol. The molecule has 4 aromatic carbocycles. The number of hydrogen-bond acceptors (Lipinski definition) is 16. The second-order valence-electron chi connectivity index (χ2n) is 52.9.